The second-order valence-electron chi connectivity index (χ2n) is 11.9. The minimum absolute atomic E-state index is 0.0484. The number of likely N-dealkylation sites (tertiary alicyclic amines) is 2. The number of carbonyl (C=O) groups excluding carboxylic acids is 1. The first-order chi connectivity index (χ1) is 19.3. The molecule has 0 spiro atoms. The van der Waals surface area contributed by atoms with Crippen molar-refractivity contribution in [3.63, 3.8) is 0 Å². The van der Waals surface area contributed by atoms with E-state index in [2.05, 4.69) is 25.9 Å². The molecule has 222 valence electrons. The molecule has 0 unspecified atom stereocenters. The van der Waals surface area contributed by atoms with Crippen LogP contribution < -0.4 is 11.4 Å². The topological polar surface area (TPSA) is 112 Å². The maximum absolute atomic E-state index is 15.8. The van der Waals surface area contributed by atoms with Crippen LogP contribution in [0.15, 0.2) is 39.9 Å². The number of hydrogen-bond donors (Lipinski definition) is 1. The van der Waals surface area contributed by atoms with Crippen LogP contribution in [0.1, 0.15) is 52.5 Å². The summed E-state index contributed by atoms with van der Waals surface area (Å²) in [7, 11) is 0. The van der Waals surface area contributed by atoms with Gasteiger partial charge in [0.1, 0.15) is 23.5 Å². The zero-order valence-corrected chi connectivity index (χ0v) is 25.1. The summed E-state index contributed by atoms with van der Waals surface area (Å²) in [5.74, 6) is -2.76. The van der Waals surface area contributed by atoms with Crippen molar-refractivity contribution in [1.82, 2.24) is 28.9 Å². The van der Waals surface area contributed by atoms with Gasteiger partial charge in [0, 0.05) is 24.1 Å². The molecule has 10 nitrogen and oxygen atoms in total. The van der Waals surface area contributed by atoms with Crippen LogP contribution >= 0.6 is 15.9 Å². The highest BCUT2D eigenvalue weighted by Gasteiger charge is 2.47. The Hall–Kier alpha value is -3.06. The Morgan fingerprint density at radius 1 is 1.12 bits per heavy atom. The quantitative estimate of drug-likeness (QED) is 0.427. The summed E-state index contributed by atoms with van der Waals surface area (Å²) < 4.78 is 40.2. The lowest BCUT2D eigenvalue weighted by molar-refractivity contribution is -0.104. The fourth-order valence-electron chi connectivity index (χ4n) is 5.78. The maximum atomic E-state index is 15.8. The zero-order chi connectivity index (χ0) is 29.5. The van der Waals surface area contributed by atoms with E-state index in [0.29, 0.717) is 37.8 Å². The SMILES string of the molecule is CC(C)(C)OC(=O)N1CCC(CCN2CC[C@H](n3c(=O)n(-c4ccc(Br)cc4)c4c(N)ncnc43)C(F)(F)C2)CC1. The summed E-state index contributed by atoms with van der Waals surface area (Å²) in [5.41, 5.74) is 5.78. The number of nitrogens with zero attached hydrogens (tertiary/aromatic N) is 6. The zero-order valence-electron chi connectivity index (χ0n) is 23.5. The average molecular weight is 637 g/mol. The molecule has 0 bridgehead atoms. The Kier molecular flexibility index (Phi) is 8.12. The van der Waals surface area contributed by atoms with Crippen LogP contribution in [0.5, 0.6) is 0 Å². The number of carbonyl (C=O) groups is 1. The molecule has 13 heteroatoms. The molecule has 2 saturated heterocycles. The van der Waals surface area contributed by atoms with Crippen molar-refractivity contribution in [2.75, 3.05) is 38.5 Å². The third kappa shape index (κ3) is 6.25. The summed E-state index contributed by atoms with van der Waals surface area (Å²) in [6.07, 6.45) is 3.39. The molecule has 3 aromatic rings. The number of fused-ring (bicyclic) bond motifs is 1. The fraction of sp³-hybridized carbons (Fsp3) is 0.571. The van der Waals surface area contributed by atoms with Crippen LogP contribution in [0, 0.1) is 5.92 Å². The van der Waals surface area contributed by atoms with E-state index in [1.807, 2.05) is 20.8 Å². The lowest BCUT2D eigenvalue weighted by atomic mass is 9.92. The van der Waals surface area contributed by atoms with E-state index in [0.717, 1.165) is 28.3 Å². The molecule has 5 rings (SSSR count). The fourth-order valence-corrected chi connectivity index (χ4v) is 6.05. The number of anilines is 1. The van der Waals surface area contributed by atoms with Gasteiger partial charge in [0.25, 0.3) is 5.92 Å². The molecular formula is C28H36BrF2N7O3. The number of aromatic nitrogens is 4. The highest BCUT2D eigenvalue weighted by Crippen LogP contribution is 2.38. The van der Waals surface area contributed by atoms with Gasteiger partial charge in [0.05, 0.1) is 12.2 Å². The van der Waals surface area contributed by atoms with Crippen LogP contribution in [0.2, 0.25) is 0 Å². The van der Waals surface area contributed by atoms with E-state index in [1.165, 1.54) is 10.9 Å². The lowest BCUT2D eigenvalue weighted by Gasteiger charge is -2.39. The smallest absolute Gasteiger partial charge is 0.410 e. The lowest BCUT2D eigenvalue weighted by Crippen LogP contribution is -2.51. The molecule has 2 aromatic heterocycles. The van der Waals surface area contributed by atoms with Gasteiger partial charge in [-0.25, -0.2) is 28.3 Å². The number of hydrogen-bond acceptors (Lipinski definition) is 7. The largest absolute Gasteiger partial charge is 0.444 e. The van der Waals surface area contributed by atoms with E-state index in [9.17, 15) is 9.59 Å². The van der Waals surface area contributed by atoms with Gasteiger partial charge in [-0.2, -0.15) is 0 Å². The Balaban J connectivity index is 1.27. The molecule has 0 saturated carbocycles. The van der Waals surface area contributed by atoms with Crippen LogP contribution in [0.4, 0.5) is 19.4 Å². The van der Waals surface area contributed by atoms with Crippen molar-refractivity contribution in [1.29, 1.82) is 0 Å². The summed E-state index contributed by atoms with van der Waals surface area (Å²) in [5, 5.41) is 0. The molecule has 0 radical (unpaired) electrons. The van der Waals surface area contributed by atoms with Gasteiger partial charge < -0.3 is 15.4 Å². The molecule has 4 heterocycles. The number of halogens is 3. The van der Waals surface area contributed by atoms with Gasteiger partial charge in [0.15, 0.2) is 11.5 Å². The van der Waals surface area contributed by atoms with Gasteiger partial charge in [-0.05, 0) is 83.2 Å². The van der Waals surface area contributed by atoms with E-state index >= 15 is 8.78 Å². The molecule has 2 aliphatic heterocycles. The van der Waals surface area contributed by atoms with Crippen molar-refractivity contribution < 1.29 is 18.3 Å². The van der Waals surface area contributed by atoms with Crippen LogP contribution in [0.25, 0.3) is 16.9 Å². The minimum Gasteiger partial charge on any atom is -0.444 e. The third-order valence-electron chi connectivity index (χ3n) is 7.84. The molecule has 1 atom stereocenters. The molecule has 1 aromatic carbocycles. The van der Waals surface area contributed by atoms with E-state index < -0.39 is 29.8 Å². The normalized spacial score (nSPS) is 20.4. The number of nitrogen functional groups attached to an aromatic ring is 1. The highest BCUT2D eigenvalue weighted by atomic mass is 79.9. The van der Waals surface area contributed by atoms with Crippen LogP contribution in [0.3, 0.4) is 0 Å². The molecule has 2 N–H and O–H groups in total. The van der Waals surface area contributed by atoms with Crippen LogP contribution in [-0.2, 0) is 4.74 Å². The number of ether oxygens (including phenoxy) is 1. The number of amides is 1. The maximum Gasteiger partial charge on any atom is 0.410 e. The number of nitrogens with two attached hydrogens (primary N) is 1. The summed E-state index contributed by atoms with van der Waals surface area (Å²) in [6, 6.07) is 5.58. The average Bonchev–Trinajstić information content (AvgIpc) is 3.19. The van der Waals surface area contributed by atoms with Crippen molar-refractivity contribution >= 4 is 39.0 Å². The molecule has 2 fully saturated rings. The Bertz CT molecular complexity index is 1460. The van der Waals surface area contributed by atoms with Gasteiger partial charge in [-0.15, -0.1) is 0 Å². The number of alkyl halides is 2. The van der Waals surface area contributed by atoms with Gasteiger partial charge in [-0.3, -0.25) is 14.0 Å². The summed E-state index contributed by atoms with van der Waals surface area (Å²) in [6.45, 7) is 7.25. The first kappa shape index (κ1) is 29.4. The van der Waals surface area contributed by atoms with Gasteiger partial charge >= 0.3 is 11.8 Å². The molecule has 0 aliphatic carbocycles. The van der Waals surface area contributed by atoms with Crippen molar-refractivity contribution in [3.8, 4) is 5.69 Å². The molecule has 41 heavy (non-hydrogen) atoms. The number of imidazole rings is 1. The minimum atomic E-state index is -3.17. The van der Waals surface area contributed by atoms with E-state index in [-0.39, 0.29) is 29.5 Å². The predicted molar refractivity (Wildman–Crippen MR) is 155 cm³/mol. The Morgan fingerprint density at radius 3 is 2.44 bits per heavy atom. The molecular weight excluding hydrogens is 600 g/mol. The summed E-state index contributed by atoms with van der Waals surface area (Å²) >= 11 is 3.38. The van der Waals surface area contributed by atoms with E-state index in [4.69, 9.17) is 10.5 Å². The number of rotatable bonds is 5. The number of benzene rings is 1. The Morgan fingerprint density at radius 2 is 1.80 bits per heavy atom. The van der Waals surface area contributed by atoms with Gasteiger partial charge in [0.2, 0.25) is 0 Å². The van der Waals surface area contributed by atoms with Crippen molar-refractivity contribution in [3.05, 3.63) is 45.5 Å². The number of piperidine rings is 2. The Labute approximate surface area is 245 Å². The highest BCUT2D eigenvalue weighted by molar-refractivity contribution is 9.10. The van der Waals surface area contributed by atoms with Gasteiger partial charge in [-0.1, -0.05) is 15.9 Å². The van der Waals surface area contributed by atoms with Crippen molar-refractivity contribution in [2.45, 2.75) is 64.0 Å². The third-order valence-corrected chi connectivity index (χ3v) is 8.37. The standard InChI is InChI=1S/C28H36BrF2N7O3/c1-27(2,3)41-26(40)36-14-9-18(10-15-36)8-12-35-13-11-21(28(30,31)16-35)38-24-22(23(32)33-17-34-24)37(25(38)39)20-6-4-19(29)5-7-20/h4-7,17-18,21H,8-16H2,1-3H3,(H2,32,33,34)/t21-/m0/s1. The second kappa shape index (κ2) is 11.3. The van der Waals surface area contributed by atoms with Crippen molar-refractivity contribution in [2.24, 2.45) is 5.92 Å². The second-order valence-corrected chi connectivity index (χ2v) is 12.9. The predicted octanol–water partition coefficient (Wildman–Crippen LogP) is 4.85. The summed E-state index contributed by atoms with van der Waals surface area (Å²) in [4.78, 5) is 37.8. The van der Waals surface area contributed by atoms with E-state index in [1.54, 1.807) is 34.1 Å². The monoisotopic (exact) mass is 635 g/mol. The first-order valence-electron chi connectivity index (χ1n) is 13.9. The first-order valence-corrected chi connectivity index (χ1v) is 14.7. The molecule has 2 aliphatic rings. The van der Waals surface area contributed by atoms with Crippen LogP contribution in [-0.4, -0.2) is 79.2 Å². The molecule has 1 amide bonds.